The Morgan fingerprint density at radius 2 is 1.91 bits per heavy atom. The van der Waals surface area contributed by atoms with E-state index in [9.17, 15) is 24.9 Å². The highest BCUT2D eigenvalue weighted by Crippen LogP contribution is 2.20. The largest absolute Gasteiger partial charge is 0.388 e. The van der Waals surface area contributed by atoms with Gasteiger partial charge < -0.3 is 26.0 Å². The van der Waals surface area contributed by atoms with Crippen LogP contribution in [0.2, 0.25) is 0 Å². The lowest BCUT2D eigenvalue weighted by Gasteiger charge is -2.25. The van der Waals surface area contributed by atoms with Crippen molar-refractivity contribution in [1.29, 1.82) is 0 Å². The van der Waals surface area contributed by atoms with Gasteiger partial charge in [0.25, 0.3) is 5.91 Å². The molecule has 2 amide bonds. The van der Waals surface area contributed by atoms with E-state index in [1.54, 1.807) is 0 Å². The Hall–Kier alpha value is -1.96. The summed E-state index contributed by atoms with van der Waals surface area (Å²) in [4.78, 5) is 24.5. The van der Waals surface area contributed by atoms with Crippen molar-refractivity contribution in [2.24, 2.45) is 5.73 Å². The highest BCUT2D eigenvalue weighted by Gasteiger charge is 2.46. The number of aliphatic hydroxyl groups excluding tert-OH is 3. The molecule has 1 heterocycles. The molecule has 1 aromatic rings. The van der Waals surface area contributed by atoms with Gasteiger partial charge in [0.05, 0.1) is 12.6 Å². The highest BCUT2D eigenvalue weighted by molar-refractivity contribution is 5.89. The lowest BCUT2D eigenvalue weighted by Crippen LogP contribution is -2.51. The number of amides is 2. The van der Waals surface area contributed by atoms with E-state index < -0.39 is 36.2 Å². The number of nitrogens with two attached hydrogens (primary N) is 1. The van der Waals surface area contributed by atoms with Crippen molar-refractivity contribution in [1.82, 2.24) is 4.90 Å². The minimum atomic E-state index is -1.43. The quantitative estimate of drug-likeness (QED) is 0.521. The fraction of sp³-hybridized carbons (Fsp3) is 0.467. The number of likely N-dealkylation sites (tertiary alicyclic amines) is 1. The lowest BCUT2D eigenvalue weighted by molar-refractivity contribution is -0.146. The Morgan fingerprint density at radius 1 is 1.27 bits per heavy atom. The van der Waals surface area contributed by atoms with Gasteiger partial charge in [-0.1, -0.05) is 30.3 Å². The molecule has 1 fully saturated rings. The van der Waals surface area contributed by atoms with E-state index >= 15 is 0 Å². The van der Waals surface area contributed by atoms with Crippen molar-refractivity contribution in [2.45, 2.75) is 37.2 Å². The second-order valence-corrected chi connectivity index (χ2v) is 5.44. The van der Waals surface area contributed by atoms with E-state index in [0.717, 1.165) is 10.5 Å². The average molecular weight is 308 g/mol. The number of benzene rings is 1. The van der Waals surface area contributed by atoms with E-state index in [0.29, 0.717) is 6.42 Å². The predicted octanol–water partition coefficient (Wildman–Crippen LogP) is -1.60. The summed E-state index contributed by atoms with van der Waals surface area (Å²) >= 11 is 0. The van der Waals surface area contributed by atoms with Gasteiger partial charge >= 0.3 is 0 Å². The van der Waals surface area contributed by atoms with Crippen molar-refractivity contribution in [2.75, 3.05) is 6.54 Å². The van der Waals surface area contributed by atoms with Crippen LogP contribution in [-0.4, -0.2) is 62.9 Å². The molecule has 2 unspecified atom stereocenters. The van der Waals surface area contributed by atoms with E-state index in [-0.39, 0.29) is 13.0 Å². The third kappa shape index (κ3) is 3.44. The molecular weight excluding hydrogens is 288 g/mol. The van der Waals surface area contributed by atoms with Gasteiger partial charge in [-0.2, -0.15) is 0 Å². The summed E-state index contributed by atoms with van der Waals surface area (Å²) in [5.74, 6) is -1.62. The zero-order valence-corrected chi connectivity index (χ0v) is 12.0. The normalized spacial score (nSPS) is 26.0. The molecule has 0 radical (unpaired) electrons. The van der Waals surface area contributed by atoms with Crippen LogP contribution in [0.3, 0.4) is 0 Å². The van der Waals surface area contributed by atoms with Crippen molar-refractivity contribution in [3.8, 4) is 0 Å². The Morgan fingerprint density at radius 3 is 2.50 bits per heavy atom. The third-order valence-electron chi connectivity index (χ3n) is 3.85. The number of hydrogen-bond donors (Lipinski definition) is 4. The summed E-state index contributed by atoms with van der Waals surface area (Å²) in [6.07, 6.45) is -3.32. The minimum absolute atomic E-state index is 0.178. The summed E-state index contributed by atoms with van der Waals surface area (Å²) < 4.78 is 0. The van der Waals surface area contributed by atoms with Crippen molar-refractivity contribution in [3.63, 3.8) is 0 Å². The molecule has 1 saturated heterocycles. The maximum Gasteiger partial charge on any atom is 0.252 e. The first-order valence-corrected chi connectivity index (χ1v) is 7.09. The zero-order valence-electron chi connectivity index (χ0n) is 12.0. The molecule has 4 atom stereocenters. The van der Waals surface area contributed by atoms with Gasteiger partial charge in [-0.25, -0.2) is 0 Å². The van der Waals surface area contributed by atoms with Crippen molar-refractivity contribution >= 4 is 11.8 Å². The van der Waals surface area contributed by atoms with Gasteiger partial charge in [0, 0.05) is 0 Å². The van der Waals surface area contributed by atoms with E-state index in [1.165, 1.54) is 0 Å². The molecule has 1 aliphatic heterocycles. The number of primary amides is 1. The second-order valence-electron chi connectivity index (χ2n) is 5.44. The van der Waals surface area contributed by atoms with Crippen LogP contribution in [-0.2, 0) is 16.0 Å². The average Bonchev–Trinajstić information content (AvgIpc) is 2.80. The Balaban J connectivity index is 1.99. The fourth-order valence-electron chi connectivity index (χ4n) is 2.63. The molecule has 7 heteroatoms. The van der Waals surface area contributed by atoms with E-state index in [4.69, 9.17) is 5.73 Å². The Labute approximate surface area is 128 Å². The monoisotopic (exact) mass is 308 g/mol. The molecule has 0 aromatic heterocycles. The Bertz CT molecular complexity index is 536. The summed E-state index contributed by atoms with van der Waals surface area (Å²) in [5.41, 5.74) is 6.13. The Kier molecular flexibility index (Phi) is 5.12. The van der Waals surface area contributed by atoms with Crippen LogP contribution in [0.5, 0.6) is 0 Å². The maximum atomic E-state index is 12.2. The second kappa shape index (κ2) is 6.87. The molecule has 0 saturated carbocycles. The van der Waals surface area contributed by atoms with Crippen molar-refractivity contribution in [3.05, 3.63) is 35.9 Å². The fourth-order valence-corrected chi connectivity index (χ4v) is 2.63. The van der Waals surface area contributed by atoms with Gasteiger partial charge in [-0.05, 0) is 18.4 Å². The van der Waals surface area contributed by atoms with Crippen LogP contribution in [0.15, 0.2) is 30.3 Å². The number of aliphatic hydroxyl groups is 3. The highest BCUT2D eigenvalue weighted by atomic mass is 16.3. The third-order valence-corrected chi connectivity index (χ3v) is 3.85. The van der Waals surface area contributed by atoms with Crippen LogP contribution in [0.25, 0.3) is 0 Å². The van der Waals surface area contributed by atoms with Gasteiger partial charge in [0.1, 0.15) is 18.2 Å². The first-order chi connectivity index (χ1) is 10.4. The summed E-state index contributed by atoms with van der Waals surface area (Å²) in [5, 5.41) is 29.3. The number of aryl methyl sites for hydroxylation is 1. The van der Waals surface area contributed by atoms with Crippen LogP contribution < -0.4 is 5.73 Å². The molecule has 120 valence electrons. The summed E-state index contributed by atoms with van der Waals surface area (Å²) in [7, 11) is 0. The molecule has 1 aliphatic rings. The standard InChI is InChI=1S/C15H20N2O5/c16-14(21)12-13(20)11(19)8-17(12)15(22)10(18)7-6-9-4-2-1-3-5-9/h1-5,10-13,18-20H,6-8H2,(H2,16,21)/t10?,11-,12?,13+/m1/s1. The number of nitrogens with zero attached hydrogens (tertiary/aromatic N) is 1. The van der Waals surface area contributed by atoms with Gasteiger partial charge in [0.2, 0.25) is 5.91 Å². The lowest BCUT2D eigenvalue weighted by atomic mass is 10.1. The van der Waals surface area contributed by atoms with E-state index in [1.807, 2.05) is 30.3 Å². The first-order valence-electron chi connectivity index (χ1n) is 7.09. The molecular formula is C15H20N2O5. The first kappa shape index (κ1) is 16.4. The molecule has 0 aliphatic carbocycles. The molecule has 1 aromatic carbocycles. The van der Waals surface area contributed by atoms with Crippen LogP contribution in [0.4, 0.5) is 0 Å². The van der Waals surface area contributed by atoms with Crippen molar-refractivity contribution < 1.29 is 24.9 Å². The molecule has 7 nitrogen and oxygen atoms in total. The van der Waals surface area contributed by atoms with Crippen LogP contribution >= 0.6 is 0 Å². The molecule has 22 heavy (non-hydrogen) atoms. The van der Waals surface area contributed by atoms with Gasteiger partial charge in [0.15, 0.2) is 0 Å². The zero-order chi connectivity index (χ0) is 16.3. The number of rotatable bonds is 5. The van der Waals surface area contributed by atoms with Crippen LogP contribution in [0.1, 0.15) is 12.0 Å². The molecule has 5 N–H and O–H groups in total. The summed E-state index contributed by atoms with van der Waals surface area (Å²) in [6.45, 7) is -0.226. The van der Waals surface area contributed by atoms with Gasteiger partial charge in [-0.3, -0.25) is 9.59 Å². The molecule has 0 bridgehead atoms. The maximum absolute atomic E-state index is 12.2. The SMILES string of the molecule is NC(=O)C1[C@@H](O)[C@H](O)CN1C(=O)C(O)CCc1ccccc1. The number of β-amino-alcohol motifs (C(OH)–C–C–N with tert-alkyl or cyclic N) is 1. The predicted molar refractivity (Wildman–Crippen MR) is 77.5 cm³/mol. The topological polar surface area (TPSA) is 124 Å². The van der Waals surface area contributed by atoms with E-state index in [2.05, 4.69) is 0 Å². The smallest absolute Gasteiger partial charge is 0.252 e. The molecule has 2 rings (SSSR count). The summed E-state index contributed by atoms with van der Waals surface area (Å²) in [6, 6.07) is 8.04. The minimum Gasteiger partial charge on any atom is -0.388 e. The van der Waals surface area contributed by atoms with Gasteiger partial charge in [-0.15, -0.1) is 0 Å². The number of hydrogen-bond acceptors (Lipinski definition) is 5. The molecule has 0 spiro atoms. The van der Waals surface area contributed by atoms with Crippen LogP contribution in [0, 0.1) is 0 Å². The number of carbonyl (C=O) groups is 2. The number of carbonyl (C=O) groups excluding carboxylic acids is 2.